The van der Waals surface area contributed by atoms with Gasteiger partial charge in [-0.25, -0.2) is 14.0 Å². The molecule has 9 nitrogen and oxygen atoms in total. The summed E-state index contributed by atoms with van der Waals surface area (Å²) in [4.78, 5) is 50.1. The minimum atomic E-state index is -2.42. The van der Waals surface area contributed by atoms with Gasteiger partial charge in [0.15, 0.2) is 17.5 Å². The third kappa shape index (κ3) is 4.02. The molecule has 166 valence electrons. The summed E-state index contributed by atoms with van der Waals surface area (Å²) in [5.41, 5.74) is -5.39. The van der Waals surface area contributed by atoms with Gasteiger partial charge in [0.05, 0.1) is 5.56 Å². The number of carbonyl (C=O) groups excluding carboxylic acids is 2. The van der Waals surface area contributed by atoms with Gasteiger partial charge in [0.2, 0.25) is 0 Å². The van der Waals surface area contributed by atoms with E-state index in [1.54, 1.807) is 30.3 Å². The van der Waals surface area contributed by atoms with Crippen molar-refractivity contribution in [1.82, 2.24) is 9.55 Å². The summed E-state index contributed by atoms with van der Waals surface area (Å²) in [6, 6.07) is 8.15. The fraction of sp³-hybridized carbons (Fsp3) is 0.429. The Morgan fingerprint density at radius 2 is 1.87 bits per heavy atom. The van der Waals surface area contributed by atoms with E-state index in [0.717, 1.165) is 24.6 Å². The number of aromatic nitrogens is 2. The van der Waals surface area contributed by atoms with Crippen molar-refractivity contribution < 1.29 is 28.2 Å². The fourth-order valence-electron chi connectivity index (χ4n) is 3.53. The lowest BCUT2D eigenvalue weighted by Crippen LogP contribution is -2.55. The Morgan fingerprint density at radius 1 is 1.23 bits per heavy atom. The van der Waals surface area contributed by atoms with E-state index >= 15 is 4.39 Å². The maximum absolute atomic E-state index is 16.1. The number of H-pyrrole nitrogens is 1. The van der Waals surface area contributed by atoms with Crippen LogP contribution in [-0.4, -0.2) is 45.5 Å². The first-order valence-corrected chi connectivity index (χ1v) is 9.55. The van der Waals surface area contributed by atoms with Crippen LogP contribution in [0.3, 0.4) is 0 Å². The number of carbonyl (C=O) groups is 2. The molecule has 2 heterocycles. The molecular weight excluding hydrogens is 411 g/mol. The maximum Gasteiger partial charge on any atom is 0.338 e. The summed E-state index contributed by atoms with van der Waals surface area (Å²) in [5, 5.41) is 0. The van der Waals surface area contributed by atoms with E-state index in [9.17, 15) is 19.2 Å². The molecule has 4 atom stereocenters. The second-order valence-electron chi connectivity index (χ2n) is 7.70. The minimum absolute atomic E-state index is 0.159. The van der Waals surface area contributed by atoms with E-state index in [2.05, 4.69) is 4.98 Å². The number of aryl methyl sites for hydroxylation is 1. The Labute approximate surface area is 176 Å². The van der Waals surface area contributed by atoms with Crippen LogP contribution >= 0.6 is 0 Å². The minimum Gasteiger partial charge on any atom is -0.459 e. The van der Waals surface area contributed by atoms with E-state index in [-0.39, 0.29) is 11.1 Å². The highest BCUT2D eigenvalue weighted by atomic mass is 19.1. The van der Waals surface area contributed by atoms with Crippen molar-refractivity contribution in [2.45, 2.75) is 51.3 Å². The average molecular weight is 434 g/mol. The normalized spacial score (nSPS) is 27.6. The average Bonchev–Trinajstić information content (AvgIpc) is 2.89. The van der Waals surface area contributed by atoms with Gasteiger partial charge < -0.3 is 14.2 Å². The SMILES string of the molecule is CC(=O)OC1(C)[C@@H](COC(=O)c2ccccc2)OC(n2cc(C)c(=O)[nH]c2=O)[C@]1(C)F. The molecule has 3 rings (SSSR count). The van der Waals surface area contributed by atoms with E-state index in [0.29, 0.717) is 0 Å². The van der Waals surface area contributed by atoms with E-state index in [1.165, 1.54) is 13.8 Å². The second-order valence-corrected chi connectivity index (χ2v) is 7.70. The number of alkyl halides is 1. The van der Waals surface area contributed by atoms with Crippen LogP contribution in [0.2, 0.25) is 0 Å². The first-order chi connectivity index (χ1) is 14.5. The van der Waals surface area contributed by atoms with Crippen LogP contribution in [0.5, 0.6) is 0 Å². The first-order valence-electron chi connectivity index (χ1n) is 9.55. The molecule has 1 aromatic heterocycles. The zero-order chi connectivity index (χ0) is 23.0. The van der Waals surface area contributed by atoms with Crippen LogP contribution in [0.4, 0.5) is 4.39 Å². The lowest BCUT2D eigenvalue weighted by atomic mass is 9.84. The number of halogens is 1. The zero-order valence-electron chi connectivity index (χ0n) is 17.5. The van der Waals surface area contributed by atoms with Crippen LogP contribution in [0.15, 0.2) is 46.1 Å². The lowest BCUT2D eigenvalue weighted by Gasteiger charge is -2.36. The molecule has 10 heteroatoms. The molecule has 2 aromatic rings. The molecule has 1 fully saturated rings. The van der Waals surface area contributed by atoms with Crippen molar-refractivity contribution in [3.8, 4) is 0 Å². The Kier molecular flexibility index (Phi) is 5.86. The van der Waals surface area contributed by atoms with E-state index in [4.69, 9.17) is 14.2 Å². The second kappa shape index (κ2) is 8.10. The molecule has 0 radical (unpaired) electrons. The molecule has 0 saturated carbocycles. The topological polar surface area (TPSA) is 117 Å². The van der Waals surface area contributed by atoms with Gasteiger partial charge >= 0.3 is 17.6 Å². The molecule has 1 aromatic carbocycles. The van der Waals surface area contributed by atoms with Crippen molar-refractivity contribution in [3.05, 3.63) is 68.5 Å². The highest BCUT2D eigenvalue weighted by Crippen LogP contribution is 2.50. The van der Waals surface area contributed by atoms with Gasteiger partial charge in [-0.3, -0.25) is 19.1 Å². The van der Waals surface area contributed by atoms with Crippen LogP contribution in [0.25, 0.3) is 0 Å². The largest absolute Gasteiger partial charge is 0.459 e. The van der Waals surface area contributed by atoms with Gasteiger partial charge in [-0.2, -0.15) is 0 Å². The molecule has 0 aliphatic carbocycles. The van der Waals surface area contributed by atoms with Crippen molar-refractivity contribution >= 4 is 11.9 Å². The summed E-state index contributed by atoms with van der Waals surface area (Å²) in [5.74, 6) is -1.45. The predicted octanol–water partition coefficient (Wildman–Crippen LogP) is 1.65. The highest BCUT2D eigenvalue weighted by molar-refractivity contribution is 5.89. The molecule has 0 bridgehead atoms. The van der Waals surface area contributed by atoms with Crippen molar-refractivity contribution in [2.24, 2.45) is 0 Å². The first kappa shape index (κ1) is 22.4. The lowest BCUT2D eigenvalue weighted by molar-refractivity contribution is -0.175. The Morgan fingerprint density at radius 3 is 2.48 bits per heavy atom. The number of hydrogen-bond donors (Lipinski definition) is 1. The molecule has 1 aliphatic rings. The molecular formula is C21H23FN2O7. The van der Waals surface area contributed by atoms with Crippen molar-refractivity contribution in [2.75, 3.05) is 6.61 Å². The molecule has 0 amide bonds. The van der Waals surface area contributed by atoms with Gasteiger partial charge in [-0.05, 0) is 32.9 Å². The molecule has 1 N–H and O–H groups in total. The summed E-state index contributed by atoms with van der Waals surface area (Å²) >= 11 is 0. The van der Waals surface area contributed by atoms with Crippen LogP contribution in [-0.2, 0) is 19.0 Å². The van der Waals surface area contributed by atoms with Crippen LogP contribution < -0.4 is 11.2 Å². The van der Waals surface area contributed by atoms with Gasteiger partial charge in [0, 0.05) is 18.7 Å². The number of aromatic amines is 1. The molecule has 2 unspecified atom stereocenters. The van der Waals surface area contributed by atoms with Gasteiger partial charge in [0.1, 0.15) is 12.7 Å². The van der Waals surface area contributed by atoms with Crippen molar-refractivity contribution in [3.63, 3.8) is 0 Å². The zero-order valence-corrected chi connectivity index (χ0v) is 17.5. The van der Waals surface area contributed by atoms with E-state index < -0.39 is 53.4 Å². The van der Waals surface area contributed by atoms with E-state index in [1.807, 2.05) is 0 Å². The number of esters is 2. The van der Waals surface area contributed by atoms with Crippen LogP contribution in [0, 0.1) is 6.92 Å². The molecule has 1 aliphatic heterocycles. The summed E-state index contributed by atoms with van der Waals surface area (Å²) in [6.45, 7) is 4.54. The Balaban J connectivity index is 1.95. The van der Waals surface area contributed by atoms with Gasteiger partial charge in [-0.1, -0.05) is 18.2 Å². The molecule has 1 saturated heterocycles. The molecule has 0 spiro atoms. The van der Waals surface area contributed by atoms with Crippen molar-refractivity contribution in [1.29, 1.82) is 0 Å². The van der Waals surface area contributed by atoms with Gasteiger partial charge in [-0.15, -0.1) is 0 Å². The summed E-state index contributed by atoms with van der Waals surface area (Å²) in [6.07, 6.45) is -1.63. The number of benzene rings is 1. The number of nitrogens with one attached hydrogen (secondary N) is 1. The predicted molar refractivity (Wildman–Crippen MR) is 106 cm³/mol. The standard InChI is InChI=1S/C21H23FN2O7/c1-12-10-24(19(28)23-16(12)26)18-20(3,22)21(4,31-13(2)25)15(30-18)11-29-17(27)14-8-6-5-7-9-14/h5-10,15,18H,11H2,1-4H3,(H,23,26,28)/t15-,18?,20+,21?/m1/s1. The Hall–Kier alpha value is -3.27. The fourth-order valence-corrected chi connectivity index (χ4v) is 3.53. The summed E-state index contributed by atoms with van der Waals surface area (Å²) in [7, 11) is 0. The third-order valence-corrected chi connectivity index (χ3v) is 5.47. The number of rotatable bonds is 5. The maximum atomic E-state index is 16.1. The van der Waals surface area contributed by atoms with Gasteiger partial charge in [0.25, 0.3) is 5.56 Å². The smallest absolute Gasteiger partial charge is 0.338 e. The third-order valence-electron chi connectivity index (χ3n) is 5.47. The highest BCUT2D eigenvalue weighted by Gasteiger charge is 2.66. The van der Waals surface area contributed by atoms with Crippen LogP contribution in [0.1, 0.15) is 42.9 Å². The molecule has 31 heavy (non-hydrogen) atoms. The number of ether oxygens (including phenoxy) is 3. The number of hydrogen-bond acceptors (Lipinski definition) is 7. The quantitative estimate of drug-likeness (QED) is 0.711. The number of nitrogens with zero attached hydrogens (tertiary/aromatic N) is 1. The monoisotopic (exact) mass is 434 g/mol. The summed E-state index contributed by atoms with van der Waals surface area (Å²) < 4.78 is 33.3. The Bertz CT molecular complexity index is 1110.